The van der Waals surface area contributed by atoms with E-state index in [0.29, 0.717) is 20.2 Å². The van der Waals surface area contributed by atoms with Gasteiger partial charge in [-0.05, 0) is 78.0 Å². The molecule has 12 heteroatoms. The molecule has 3 aromatic carbocycles. The zero-order chi connectivity index (χ0) is 25.7. The van der Waals surface area contributed by atoms with Gasteiger partial charge in [0.25, 0.3) is 11.7 Å². The lowest BCUT2D eigenvalue weighted by atomic mass is 10.2. The maximum Gasteiger partial charge on any atom is 0.342 e. The molecule has 1 heterocycles. The third-order valence-corrected chi connectivity index (χ3v) is 7.12. The van der Waals surface area contributed by atoms with Crippen molar-refractivity contribution in [2.45, 2.75) is 5.16 Å². The van der Waals surface area contributed by atoms with Crippen LogP contribution >= 0.6 is 55.2 Å². The van der Waals surface area contributed by atoms with Crippen LogP contribution < -0.4 is 19.8 Å². The zero-order valence-corrected chi connectivity index (χ0v) is 23.4. The Morgan fingerprint density at radius 2 is 1.94 bits per heavy atom. The highest BCUT2D eigenvalue weighted by molar-refractivity contribution is 9.11. The number of hydrogen-bond acceptors (Lipinski definition) is 6. The minimum atomic E-state index is -0.352. The third kappa shape index (κ3) is 6.28. The summed E-state index contributed by atoms with van der Waals surface area (Å²) in [4.78, 5) is 12.4. The molecule has 0 aliphatic carbocycles. The van der Waals surface area contributed by atoms with Crippen molar-refractivity contribution in [1.82, 2.24) is 15.6 Å². The van der Waals surface area contributed by atoms with Crippen molar-refractivity contribution in [2.75, 3.05) is 12.9 Å². The number of amides is 1. The molecule has 0 unspecified atom stereocenters. The second-order valence-electron chi connectivity index (χ2n) is 7.28. The van der Waals surface area contributed by atoms with Gasteiger partial charge in [0, 0.05) is 14.0 Å². The van der Waals surface area contributed by atoms with Crippen molar-refractivity contribution >= 4 is 67.3 Å². The predicted octanol–water partition coefficient (Wildman–Crippen LogP) is 4.86. The average Bonchev–Trinajstić information content (AvgIpc) is 3.30. The number of carbonyl (C=O) groups is 1. The van der Waals surface area contributed by atoms with E-state index in [4.69, 9.17) is 16.3 Å². The normalized spacial score (nSPS) is 11.1. The van der Waals surface area contributed by atoms with Crippen LogP contribution in [0.1, 0.15) is 5.56 Å². The number of methoxy groups -OCH3 is 1. The number of aromatic nitrogens is 3. The Morgan fingerprint density at radius 1 is 1.22 bits per heavy atom. The average molecular weight is 652 g/mol. The molecular weight excluding hydrogens is 634 g/mol. The molecular formula is C24H18Br2ClN5O3S. The van der Waals surface area contributed by atoms with Crippen LogP contribution in [-0.4, -0.2) is 35.2 Å². The van der Waals surface area contributed by atoms with E-state index in [2.05, 4.69) is 52.6 Å². The van der Waals surface area contributed by atoms with E-state index in [1.165, 1.54) is 18.0 Å². The number of nitrogens with zero attached hydrogens (tertiary/aromatic N) is 3. The smallest absolute Gasteiger partial charge is 0.342 e. The van der Waals surface area contributed by atoms with Crippen LogP contribution in [0.2, 0.25) is 5.02 Å². The van der Waals surface area contributed by atoms with Crippen LogP contribution in [0.4, 0.5) is 0 Å². The maximum absolute atomic E-state index is 12.4. The van der Waals surface area contributed by atoms with Crippen LogP contribution in [0.3, 0.4) is 0 Å². The van der Waals surface area contributed by atoms with Gasteiger partial charge in [0.2, 0.25) is 0 Å². The number of carbonyl (C=O) groups excluding carboxylic acids is 1. The predicted molar refractivity (Wildman–Crippen MR) is 145 cm³/mol. The Morgan fingerprint density at radius 3 is 2.64 bits per heavy atom. The molecule has 0 atom stereocenters. The van der Waals surface area contributed by atoms with Gasteiger partial charge >= 0.3 is 5.16 Å². The number of benzene rings is 3. The first-order chi connectivity index (χ1) is 17.4. The number of nitrogens with one attached hydrogen (secondary N) is 2. The molecule has 1 aromatic heterocycles. The molecule has 4 rings (SSSR count). The van der Waals surface area contributed by atoms with Gasteiger partial charge in [-0.25, -0.2) is 5.43 Å². The molecule has 184 valence electrons. The highest BCUT2D eigenvalue weighted by Gasteiger charge is 2.24. The van der Waals surface area contributed by atoms with Crippen molar-refractivity contribution < 1.29 is 19.2 Å². The van der Waals surface area contributed by atoms with Gasteiger partial charge in [-0.1, -0.05) is 49.2 Å². The molecule has 0 aliphatic rings. The number of rotatable bonds is 8. The fourth-order valence-corrected chi connectivity index (χ4v) is 5.32. The summed E-state index contributed by atoms with van der Waals surface area (Å²) in [6.07, 6.45) is 1.31. The fourth-order valence-electron chi connectivity index (χ4n) is 3.18. The van der Waals surface area contributed by atoms with E-state index in [9.17, 15) is 9.90 Å². The number of hydrogen-bond donors (Lipinski definition) is 2. The first-order valence-electron chi connectivity index (χ1n) is 10.4. The van der Waals surface area contributed by atoms with E-state index < -0.39 is 0 Å². The van der Waals surface area contributed by atoms with E-state index in [1.807, 2.05) is 41.0 Å². The van der Waals surface area contributed by atoms with E-state index >= 15 is 0 Å². The van der Waals surface area contributed by atoms with Crippen molar-refractivity contribution in [3.63, 3.8) is 0 Å². The van der Waals surface area contributed by atoms with Crippen molar-refractivity contribution in [1.29, 1.82) is 0 Å². The van der Waals surface area contributed by atoms with E-state index in [1.54, 1.807) is 31.4 Å². The van der Waals surface area contributed by atoms with Gasteiger partial charge in [-0.3, -0.25) is 4.79 Å². The van der Waals surface area contributed by atoms with Gasteiger partial charge < -0.3 is 9.84 Å². The standard InChI is InChI=1S/C24H18Br2ClN5O3S/c1-35-19-8-2-14(3-9-19)23-30-31-24(32(23)18-6-4-17(27)5-7-18)36-13-21(33)29-28-12-15-10-16(25)11-20(26)22(15)34/h2-12H,13H2,1H3,(H2,28,29,33,34). The number of hydrazone groups is 1. The van der Waals surface area contributed by atoms with Gasteiger partial charge in [0.05, 0.1) is 29.7 Å². The number of thioether (sulfide) groups is 1. The van der Waals surface area contributed by atoms with Crippen LogP contribution in [0.15, 0.2) is 79.9 Å². The van der Waals surface area contributed by atoms with Crippen LogP contribution in [0.5, 0.6) is 11.5 Å². The van der Waals surface area contributed by atoms with Crippen molar-refractivity contribution in [2.24, 2.45) is 5.10 Å². The fraction of sp³-hybridized carbons (Fsp3) is 0.0833. The molecule has 0 bridgehead atoms. The molecule has 0 radical (unpaired) electrons. The summed E-state index contributed by atoms with van der Waals surface area (Å²) in [7, 11) is 1.61. The largest absolute Gasteiger partial charge is 0.871 e. The van der Waals surface area contributed by atoms with E-state index in [-0.39, 0.29) is 17.4 Å². The molecule has 2 N–H and O–H groups in total. The Hall–Kier alpha value is -2.86. The van der Waals surface area contributed by atoms with Gasteiger partial charge in [0.1, 0.15) is 11.4 Å². The van der Waals surface area contributed by atoms with Crippen LogP contribution in [0, 0.1) is 0 Å². The Kier molecular flexibility index (Phi) is 8.68. The summed E-state index contributed by atoms with van der Waals surface area (Å²) >= 11 is 13.8. The summed E-state index contributed by atoms with van der Waals surface area (Å²) < 4.78 is 8.28. The highest BCUT2D eigenvalue weighted by atomic mass is 79.9. The molecule has 8 nitrogen and oxygen atoms in total. The summed E-state index contributed by atoms with van der Waals surface area (Å²) in [5.74, 6) is 0.933. The zero-order valence-electron chi connectivity index (χ0n) is 18.7. The van der Waals surface area contributed by atoms with E-state index in [0.717, 1.165) is 27.3 Å². The number of ether oxygens (including phenoxy) is 1. The number of aromatic amines is 1. The molecule has 0 aliphatic heterocycles. The Bertz CT molecular complexity index is 1410. The lowest BCUT2D eigenvalue weighted by Crippen LogP contribution is -2.34. The second kappa shape index (κ2) is 11.9. The third-order valence-electron chi connectivity index (χ3n) is 4.88. The molecule has 1 amide bonds. The molecule has 0 saturated carbocycles. The lowest BCUT2D eigenvalue weighted by molar-refractivity contribution is -0.625. The van der Waals surface area contributed by atoms with Crippen molar-refractivity contribution in [3.8, 4) is 28.6 Å². The summed E-state index contributed by atoms with van der Waals surface area (Å²) in [6, 6.07) is 18.1. The maximum atomic E-state index is 12.4. The summed E-state index contributed by atoms with van der Waals surface area (Å²) in [5, 5.41) is 24.7. The lowest BCUT2D eigenvalue weighted by Gasteiger charge is -2.12. The molecule has 4 aromatic rings. The van der Waals surface area contributed by atoms with Gasteiger partial charge in [-0.15, -0.1) is 5.10 Å². The number of H-pyrrole nitrogens is 1. The minimum Gasteiger partial charge on any atom is -0.871 e. The monoisotopic (exact) mass is 649 g/mol. The quantitative estimate of drug-likeness (QED) is 0.123. The Labute approximate surface area is 233 Å². The summed E-state index contributed by atoms with van der Waals surface area (Å²) in [5.41, 5.74) is 4.49. The molecule has 0 saturated heterocycles. The van der Waals surface area contributed by atoms with Crippen LogP contribution in [-0.2, 0) is 4.79 Å². The second-order valence-corrected chi connectivity index (χ2v) is 10.4. The first kappa shape index (κ1) is 26.2. The Balaban J connectivity index is 1.52. The topological polar surface area (TPSA) is 106 Å². The molecule has 0 spiro atoms. The highest BCUT2D eigenvalue weighted by Crippen LogP contribution is 2.28. The first-order valence-corrected chi connectivity index (χ1v) is 13.3. The summed E-state index contributed by atoms with van der Waals surface area (Å²) in [6.45, 7) is 0. The van der Waals surface area contributed by atoms with Gasteiger partial charge in [-0.2, -0.15) is 9.67 Å². The van der Waals surface area contributed by atoms with Crippen molar-refractivity contribution in [3.05, 3.63) is 80.2 Å². The van der Waals surface area contributed by atoms with Gasteiger partial charge in [0.15, 0.2) is 0 Å². The minimum absolute atomic E-state index is 0.0459. The molecule has 36 heavy (non-hydrogen) atoms. The SMILES string of the molecule is COc1ccc(-c2[nH]nc(SCC(=O)N/N=C/c3cc(Br)cc(Br)c3[O-])[n+]2-c2ccc(Cl)cc2)cc1. The van der Waals surface area contributed by atoms with Crippen LogP contribution in [0.25, 0.3) is 17.1 Å². The number of halogens is 3. The molecule has 0 fully saturated rings.